The normalized spacial score (nSPS) is 15.9. The zero-order valence-electron chi connectivity index (χ0n) is 13.9. The predicted octanol–water partition coefficient (Wildman–Crippen LogP) is 1.23. The number of amides is 2. The van der Waals surface area contributed by atoms with Gasteiger partial charge in [0, 0.05) is 31.9 Å². The summed E-state index contributed by atoms with van der Waals surface area (Å²) in [4.78, 5) is 24.0. The molecule has 6 nitrogen and oxygen atoms in total. The molecule has 2 amide bonds. The lowest BCUT2D eigenvalue weighted by Gasteiger charge is -2.26. The van der Waals surface area contributed by atoms with E-state index in [2.05, 4.69) is 10.6 Å². The van der Waals surface area contributed by atoms with Crippen molar-refractivity contribution in [1.82, 2.24) is 10.6 Å². The molecule has 1 aromatic carbocycles. The van der Waals surface area contributed by atoms with Gasteiger partial charge in [-0.3, -0.25) is 9.59 Å². The topological polar surface area (TPSA) is 93.5 Å². The fraction of sp³-hybridized carbons (Fsp3) is 0.529. The summed E-state index contributed by atoms with van der Waals surface area (Å²) in [6.07, 6.45) is 1.64. The van der Waals surface area contributed by atoms with Crippen molar-refractivity contribution in [3.8, 4) is 0 Å². The van der Waals surface area contributed by atoms with E-state index in [1.54, 1.807) is 12.1 Å². The number of carbonyl (C=O) groups excluding carboxylic acids is 2. The van der Waals surface area contributed by atoms with E-state index in [0.29, 0.717) is 31.9 Å². The SMILES string of the molecule is CCNC(=O)c1cccc(CNC(=O)C(N)C2CCOCC2)c1.Cl. The van der Waals surface area contributed by atoms with Crippen molar-refractivity contribution in [3.63, 3.8) is 0 Å². The molecular formula is C17H26ClN3O3. The molecule has 134 valence electrons. The van der Waals surface area contributed by atoms with E-state index in [1.165, 1.54) is 0 Å². The fourth-order valence-corrected chi connectivity index (χ4v) is 2.68. The Morgan fingerprint density at radius 3 is 2.67 bits per heavy atom. The molecule has 1 unspecified atom stereocenters. The Bertz CT molecular complexity index is 548. The summed E-state index contributed by atoms with van der Waals surface area (Å²) < 4.78 is 5.29. The summed E-state index contributed by atoms with van der Waals surface area (Å²) in [5, 5.41) is 5.61. The van der Waals surface area contributed by atoms with E-state index in [1.807, 2.05) is 19.1 Å². The van der Waals surface area contributed by atoms with Crippen LogP contribution >= 0.6 is 12.4 Å². The van der Waals surface area contributed by atoms with Crippen LogP contribution in [-0.2, 0) is 16.1 Å². The van der Waals surface area contributed by atoms with Crippen LogP contribution in [0.5, 0.6) is 0 Å². The Kier molecular flexibility index (Phi) is 8.74. The number of nitrogens with one attached hydrogen (secondary N) is 2. The van der Waals surface area contributed by atoms with Gasteiger partial charge in [0.05, 0.1) is 6.04 Å². The maximum atomic E-state index is 12.2. The number of rotatable bonds is 6. The fourth-order valence-electron chi connectivity index (χ4n) is 2.68. The van der Waals surface area contributed by atoms with Gasteiger partial charge in [0.2, 0.25) is 5.91 Å². The van der Waals surface area contributed by atoms with Crippen molar-refractivity contribution in [2.75, 3.05) is 19.8 Å². The highest BCUT2D eigenvalue weighted by atomic mass is 35.5. The minimum atomic E-state index is -0.509. The first-order valence-corrected chi connectivity index (χ1v) is 8.10. The molecule has 7 heteroatoms. The first-order chi connectivity index (χ1) is 11.1. The number of benzene rings is 1. The zero-order chi connectivity index (χ0) is 16.7. The Morgan fingerprint density at radius 1 is 1.29 bits per heavy atom. The molecule has 1 aliphatic heterocycles. The minimum Gasteiger partial charge on any atom is -0.381 e. The van der Waals surface area contributed by atoms with Crippen LogP contribution in [0.3, 0.4) is 0 Å². The maximum Gasteiger partial charge on any atom is 0.251 e. The smallest absolute Gasteiger partial charge is 0.251 e. The molecule has 4 N–H and O–H groups in total. The maximum absolute atomic E-state index is 12.2. The van der Waals surface area contributed by atoms with Crippen molar-refractivity contribution < 1.29 is 14.3 Å². The molecule has 0 bridgehead atoms. The van der Waals surface area contributed by atoms with Gasteiger partial charge in [-0.05, 0) is 43.4 Å². The van der Waals surface area contributed by atoms with Gasteiger partial charge in [0.1, 0.15) is 0 Å². The van der Waals surface area contributed by atoms with Crippen LogP contribution in [-0.4, -0.2) is 37.6 Å². The number of carbonyl (C=O) groups is 2. The first kappa shape index (κ1) is 20.4. The summed E-state index contributed by atoms with van der Waals surface area (Å²) in [6.45, 7) is 4.16. The van der Waals surface area contributed by atoms with Gasteiger partial charge in [-0.2, -0.15) is 0 Å². The molecule has 24 heavy (non-hydrogen) atoms. The number of hydrogen-bond acceptors (Lipinski definition) is 4. The largest absolute Gasteiger partial charge is 0.381 e. The second-order valence-electron chi connectivity index (χ2n) is 5.75. The average molecular weight is 356 g/mol. The van der Waals surface area contributed by atoms with Gasteiger partial charge in [0.25, 0.3) is 5.91 Å². The van der Waals surface area contributed by atoms with E-state index in [0.717, 1.165) is 18.4 Å². The summed E-state index contributed by atoms with van der Waals surface area (Å²) in [7, 11) is 0. The van der Waals surface area contributed by atoms with Crippen LogP contribution in [0.15, 0.2) is 24.3 Å². The molecule has 1 fully saturated rings. The Morgan fingerprint density at radius 2 is 2.00 bits per heavy atom. The molecule has 0 saturated carbocycles. The van der Waals surface area contributed by atoms with E-state index in [-0.39, 0.29) is 30.1 Å². The van der Waals surface area contributed by atoms with Gasteiger partial charge in [-0.15, -0.1) is 12.4 Å². The van der Waals surface area contributed by atoms with Crippen LogP contribution in [0.1, 0.15) is 35.7 Å². The highest BCUT2D eigenvalue weighted by Crippen LogP contribution is 2.17. The molecule has 1 aliphatic rings. The van der Waals surface area contributed by atoms with E-state index < -0.39 is 6.04 Å². The second-order valence-corrected chi connectivity index (χ2v) is 5.75. The van der Waals surface area contributed by atoms with Crippen LogP contribution in [0.25, 0.3) is 0 Å². The lowest BCUT2D eigenvalue weighted by atomic mass is 9.92. The number of halogens is 1. The van der Waals surface area contributed by atoms with Crippen molar-refractivity contribution >= 4 is 24.2 Å². The summed E-state index contributed by atoms with van der Waals surface area (Å²) >= 11 is 0. The Labute approximate surface area is 148 Å². The van der Waals surface area contributed by atoms with Crippen LogP contribution < -0.4 is 16.4 Å². The van der Waals surface area contributed by atoms with Crippen LogP contribution in [0, 0.1) is 5.92 Å². The highest BCUT2D eigenvalue weighted by Gasteiger charge is 2.26. The van der Waals surface area contributed by atoms with Crippen molar-refractivity contribution in [1.29, 1.82) is 0 Å². The molecule has 2 rings (SSSR count). The standard InChI is InChI=1S/C17H25N3O3.ClH/c1-2-19-16(21)14-5-3-4-12(10-14)11-20-17(22)15(18)13-6-8-23-9-7-13;/h3-5,10,13,15H,2,6-9,11,18H2,1H3,(H,19,21)(H,20,22);1H. The van der Waals surface area contributed by atoms with Gasteiger partial charge in [0.15, 0.2) is 0 Å². The molecule has 1 heterocycles. The van der Waals surface area contributed by atoms with E-state index >= 15 is 0 Å². The number of ether oxygens (including phenoxy) is 1. The molecule has 1 atom stereocenters. The first-order valence-electron chi connectivity index (χ1n) is 8.10. The monoisotopic (exact) mass is 355 g/mol. The lowest BCUT2D eigenvalue weighted by Crippen LogP contribution is -2.46. The Balaban J connectivity index is 0.00000288. The second kappa shape index (κ2) is 10.3. The summed E-state index contributed by atoms with van der Waals surface area (Å²) in [5.74, 6) is -0.0923. The predicted molar refractivity (Wildman–Crippen MR) is 95.1 cm³/mol. The van der Waals surface area contributed by atoms with Gasteiger partial charge in [-0.25, -0.2) is 0 Å². The van der Waals surface area contributed by atoms with Gasteiger partial charge < -0.3 is 21.1 Å². The molecule has 1 saturated heterocycles. The molecule has 1 aromatic rings. The highest BCUT2D eigenvalue weighted by molar-refractivity contribution is 5.94. The summed E-state index contributed by atoms with van der Waals surface area (Å²) in [5.41, 5.74) is 7.51. The van der Waals surface area contributed by atoms with Gasteiger partial charge >= 0.3 is 0 Å². The number of nitrogens with two attached hydrogens (primary N) is 1. The number of hydrogen-bond donors (Lipinski definition) is 3. The minimum absolute atomic E-state index is 0. The van der Waals surface area contributed by atoms with Crippen molar-refractivity contribution in [3.05, 3.63) is 35.4 Å². The van der Waals surface area contributed by atoms with Crippen LogP contribution in [0.4, 0.5) is 0 Å². The Hall–Kier alpha value is -1.63. The molecule has 0 spiro atoms. The van der Waals surface area contributed by atoms with E-state index in [4.69, 9.17) is 10.5 Å². The van der Waals surface area contributed by atoms with E-state index in [9.17, 15) is 9.59 Å². The summed E-state index contributed by atoms with van der Waals surface area (Å²) in [6, 6.07) is 6.72. The van der Waals surface area contributed by atoms with Crippen molar-refractivity contribution in [2.45, 2.75) is 32.4 Å². The molecular weight excluding hydrogens is 330 g/mol. The quantitative estimate of drug-likeness (QED) is 0.715. The molecule has 0 radical (unpaired) electrons. The lowest BCUT2D eigenvalue weighted by molar-refractivity contribution is -0.124. The van der Waals surface area contributed by atoms with Crippen molar-refractivity contribution in [2.24, 2.45) is 11.7 Å². The zero-order valence-corrected chi connectivity index (χ0v) is 14.7. The van der Waals surface area contributed by atoms with Crippen LogP contribution in [0.2, 0.25) is 0 Å². The third-order valence-electron chi connectivity index (χ3n) is 4.07. The average Bonchev–Trinajstić information content (AvgIpc) is 2.60. The molecule has 0 aromatic heterocycles. The molecule has 0 aliphatic carbocycles. The van der Waals surface area contributed by atoms with Gasteiger partial charge in [-0.1, -0.05) is 12.1 Å². The third-order valence-corrected chi connectivity index (χ3v) is 4.07. The third kappa shape index (κ3) is 5.78.